The third-order valence-corrected chi connectivity index (χ3v) is 2.18. The van der Waals surface area contributed by atoms with Crippen molar-refractivity contribution in [3.05, 3.63) is 53.9 Å². The maximum Gasteiger partial charge on any atom is 0.174 e. The monoisotopic (exact) mass is 211 g/mol. The van der Waals surface area contributed by atoms with E-state index in [0.717, 1.165) is 12.1 Å². The summed E-state index contributed by atoms with van der Waals surface area (Å²) in [5, 5.41) is 8.20. The van der Waals surface area contributed by atoms with Crippen LogP contribution in [-0.2, 0) is 0 Å². The second-order valence-electron chi connectivity index (χ2n) is 3.59. The smallest absolute Gasteiger partial charge is 0.174 e. The molecule has 0 unspecified atom stereocenters. The van der Waals surface area contributed by atoms with E-state index in [2.05, 4.69) is 22.1 Å². The van der Waals surface area contributed by atoms with E-state index in [1.165, 1.54) is 5.57 Å². The summed E-state index contributed by atoms with van der Waals surface area (Å²) in [6.07, 6.45) is 6.63. The highest BCUT2D eigenvalue weighted by Crippen LogP contribution is 2.14. The molecule has 0 amide bonds. The van der Waals surface area contributed by atoms with Crippen LogP contribution < -0.4 is 0 Å². The average molecular weight is 211 g/mol. The molecule has 1 aromatic carbocycles. The summed E-state index contributed by atoms with van der Waals surface area (Å²) >= 11 is 0. The fourth-order valence-electron chi connectivity index (χ4n) is 1.27. The van der Waals surface area contributed by atoms with Gasteiger partial charge in [0.2, 0.25) is 0 Å². The molecule has 0 atom stereocenters. The molecule has 3 heteroatoms. The molecule has 1 heterocycles. The van der Waals surface area contributed by atoms with Gasteiger partial charge in [0.05, 0.1) is 5.69 Å². The lowest BCUT2D eigenvalue weighted by molar-refractivity contribution is 1.10. The van der Waals surface area contributed by atoms with Gasteiger partial charge >= 0.3 is 0 Å². The number of hydrogen-bond donors (Lipinski definition) is 0. The SMILES string of the molecule is CC1=CC=C(N=Nc2ccccc2)N=CC1. The summed E-state index contributed by atoms with van der Waals surface area (Å²) in [5.74, 6) is 0.640. The molecule has 0 bridgehead atoms. The molecule has 0 N–H and O–H groups in total. The van der Waals surface area contributed by atoms with Gasteiger partial charge in [-0.3, -0.25) is 0 Å². The summed E-state index contributed by atoms with van der Waals surface area (Å²) in [6, 6.07) is 9.64. The molecule has 0 radical (unpaired) electrons. The zero-order valence-corrected chi connectivity index (χ0v) is 9.17. The van der Waals surface area contributed by atoms with Crippen LogP contribution in [0.25, 0.3) is 0 Å². The minimum Gasteiger partial charge on any atom is -0.240 e. The Morgan fingerprint density at radius 3 is 2.69 bits per heavy atom. The third-order valence-electron chi connectivity index (χ3n) is 2.18. The van der Waals surface area contributed by atoms with E-state index in [9.17, 15) is 0 Å². The molecule has 1 aliphatic rings. The first-order chi connectivity index (χ1) is 7.84. The number of nitrogens with zero attached hydrogens (tertiary/aromatic N) is 3. The van der Waals surface area contributed by atoms with Crippen LogP contribution in [0.4, 0.5) is 5.69 Å². The summed E-state index contributed by atoms with van der Waals surface area (Å²) < 4.78 is 0. The first kappa shape index (κ1) is 10.5. The highest BCUT2D eigenvalue weighted by atomic mass is 15.2. The van der Waals surface area contributed by atoms with Crippen molar-refractivity contribution in [1.29, 1.82) is 0 Å². The van der Waals surface area contributed by atoms with Gasteiger partial charge in [-0.2, -0.15) is 0 Å². The predicted molar refractivity (Wildman–Crippen MR) is 65.9 cm³/mol. The first-order valence-corrected chi connectivity index (χ1v) is 5.21. The lowest BCUT2D eigenvalue weighted by atomic mass is 10.2. The zero-order chi connectivity index (χ0) is 11.2. The molecule has 1 aromatic rings. The molecular weight excluding hydrogens is 198 g/mol. The van der Waals surface area contributed by atoms with E-state index in [4.69, 9.17) is 0 Å². The van der Waals surface area contributed by atoms with Gasteiger partial charge in [0.1, 0.15) is 0 Å². The molecule has 16 heavy (non-hydrogen) atoms. The number of azo groups is 1. The van der Waals surface area contributed by atoms with E-state index >= 15 is 0 Å². The Morgan fingerprint density at radius 1 is 1.06 bits per heavy atom. The number of rotatable bonds is 2. The lowest BCUT2D eigenvalue weighted by Gasteiger charge is -1.90. The standard InChI is InChI=1S/C13H13N3/c1-11-7-8-13(14-10-9-11)16-15-12-5-3-2-4-6-12/h2-8,10H,9H2,1H3. The van der Waals surface area contributed by atoms with Gasteiger partial charge in [-0.15, -0.1) is 10.2 Å². The Kier molecular flexibility index (Phi) is 3.38. The van der Waals surface area contributed by atoms with Gasteiger partial charge in [0, 0.05) is 12.6 Å². The molecule has 0 saturated heterocycles. The minimum atomic E-state index is 0.640. The Bertz CT molecular complexity index is 467. The first-order valence-electron chi connectivity index (χ1n) is 5.21. The number of benzene rings is 1. The third kappa shape index (κ3) is 2.98. The molecule has 0 fully saturated rings. The van der Waals surface area contributed by atoms with Crippen LogP contribution in [-0.4, -0.2) is 6.21 Å². The fraction of sp³-hybridized carbons (Fsp3) is 0.154. The summed E-state index contributed by atoms with van der Waals surface area (Å²) in [5.41, 5.74) is 2.11. The van der Waals surface area contributed by atoms with E-state index in [1.54, 1.807) is 0 Å². The van der Waals surface area contributed by atoms with Crippen LogP contribution in [0, 0.1) is 0 Å². The van der Waals surface area contributed by atoms with E-state index < -0.39 is 0 Å². The van der Waals surface area contributed by atoms with Crippen molar-refractivity contribution in [1.82, 2.24) is 0 Å². The highest BCUT2D eigenvalue weighted by Gasteiger charge is 1.95. The average Bonchev–Trinajstić information content (AvgIpc) is 2.53. The second-order valence-corrected chi connectivity index (χ2v) is 3.59. The maximum absolute atomic E-state index is 4.21. The van der Waals surface area contributed by atoms with E-state index in [-0.39, 0.29) is 0 Å². The zero-order valence-electron chi connectivity index (χ0n) is 9.17. The highest BCUT2D eigenvalue weighted by molar-refractivity contribution is 5.63. The van der Waals surface area contributed by atoms with Gasteiger partial charge in [0.15, 0.2) is 5.82 Å². The largest absolute Gasteiger partial charge is 0.240 e. The second kappa shape index (κ2) is 5.16. The van der Waals surface area contributed by atoms with Crippen LogP contribution in [0.5, 0.6) is 0 Å². The van der Waals surface area contributed by atoms with E-state index in [0.29, 0.717) is 5.82 Å². The molecule has 0 saturated carbocycles. The van der Waals surface area contributed by atoms with Crippen molar-refractivity contribution in [3.8, 4) is 0 Å². The van der Waals surface area contributed by atoms with Crippen molar-refractivity contribution in [2.75, 3.05) is 0 Å². The molecule has 3 nitrogen and oxygen atoms in total. The summed E-state index contributed by atoms with van der Waals surface area (Å²) in [4.78, 5) is 4.21. The predicted octanol–water partition coefficient (Wildman–Crippen LogP) is 4.03. The molecule has 2 rings (SSSR count). The van der Waals surface area contributed by atoms with Crippen molar-refractivity contribution in [3.63, 3.8) is 0 Å². The number of aliphatic imine (C=N–C) groups is 1. The summed E-state index contributed by atoms with van der Waals surface area (Å²) in [7, 11) is 0. The molecule has 80 valence electrons. The topological polar surface area (TPSA) is 37.1 Å². The van der Waals surface area contributed by atoms with Gasteiger partial charge in [-0.25, -0.2) is 4.99 Å². The van der Waals surface area contributed by atoms with Gasteiger partial charge in [0.25, 0.3) is 0 Å². The Balaban J connectivity index is 2.13. The quantitative estimate of drug-likeness (QED) is 0.662. The van der Waals surface area contributed by atoms with Crippen LogP contribution >= 0.6 is 0 Å². The normalized spacial score (nSPS) is 15.8. The molecule has 0 spiro atoms. The number of allylic oxidation sites excluding steroid dienone is 3. The molecule has 1 aliphatic heterocycles. The van der Waals surface area contributed by atoms with Crippen molar-refractivity contribution >= 4 is 11.9 Å². The van der Waals surface area contributed by atoms with Crippen molar-refractivity contribution < 1.29 is 0 Å². The van der Waals surface area contributed by atoms with Gasteiger partial charge in [-0.1, -0.05) is 29.8 Å². The number of hydrogen-bond acceptors (Lipinski definition) is 3. The van der Waals surface area contributed by atoms with Gasteiger partial charge < -0.3 is 0 Å². The Morgan fingerprint density at radius 2 is 1.88 bits per heavy atom. The Hall–Kier alpha value is -2.03. The molecular formula is C13H13N3. The Labute approximate surface area is 94.9 Å². The summed E-state index contributed by atoms with van der Waals surface area (Å²) in [6.45, 7) is 2.07. The van der Waals surface area contributed by atoms with Crippen LogP contribution in [0.3, 0.4) is 0 Å². The molecule has 0 aromatic heterocycles. The van der Waals surface area contributed by atoms with Gasteiger partial charge in [-0.05, 0) is 25.1 Å². The minimum absolute atomic E-state index is 0.640. The van der Waals surface area contributed by atoms with Crippen LogP contribution in [0.2, 0.25) is 0 Å². The van der Waals surface area contributed by atoms with Crippen LogP contribution in [0.15, 0.2) is 69.1 Å². The maximum atomic E-state index is 4.21. The van der Waals surface area contributed by atoms with Crippen molar-refractivity contribution in [2.24, 2.45) is 15.2 Å². The van der Waals surface area contributed by atoms with Crippen molar-refractivity contribution in [2.45, 2.75) is 13.3 Å². The molecule has 0 aliphatic carbocycles. The van der Waals surface area contributed by atoms with Crippen LogP contribution in [0.1, 0.15) is 13.3 Å². The van der Waals surface area contributed by atoms with E-state index in [1.807, 2.05) is 48.7 Å². The lowest BCUT2D eigenvalue weighted by Crippen LogP contribution is -1.74. The fourth-order valence-corrected chi connectivity index (χ4v) is 1.27.